The van der Waals surface area contributed by atoms with Crippen LogP contribution in [0, 0.1) is 0 Å². The molecule has 5 nitrogen and oxygen atoms in total. The van der Waals surface area contributed by atoms with Gasteiger partial charge in [0.25, 0.3) is 0 Å². The number of hydrogen-bond donors (Lipinski definition) is 0. The van der Waals surface area contributed by atoms with Gasteiger partial charge in [-0.05, 0) is 36.6 Å². The van der Waals surface area contributed by atoms with Gasteiger partial charge in [-0.2, -0.15) is 0 Å². The summed E-state index contributed by atoms with van der Waals surface area (Å²) in [5, 5.41) is 14.0. The monoisotopic (exact) mass is 388 g/mol. The van der Waals surface area contributed by atoms with Crippen molar-refractivity contribution in [2.45, 2.75) is 12.8 Å². The second kappa shape index (κ2) is 6.59. The van der Waals surface area contributed by atoms with Crippen LogP contribution in [-0.2, 0) is 4.79 Å². The number of imidazole rings is 1. The normalized spacial score (nSPS) is 12.3. The minimum atomic E-state index is -1.09. The van der Waals surface area contributed by atoms with Gasteiger partial charge in [-0.3, -0.25) is 4.40 Å². The van der Waals surface area contributed by atoms with Crippen LogP contribution >= 0.6 is 34.3 Å². The fourth-order valence-electron chi connectivity index (χ4n) is 2.56. The number of hydrogen-bond acceptors (Lipinski definition) is 6. The Hall–Kier alpha value is -2.22. The maximum absolute atomic E-state index is 11.0. The van der Waals surface area contributed by atoms with E-state index in [4.69, 9.17) is 11.6 Å². The Bertz CT molecular complexity index is 1080. The number of carboxylic acid groups (broad SMARTS) is 1. The van der Waals surface area contributed by atoms with Crippen molar-refractivity contribution in [3.63, 3.8) is 0 Å². The summed E-state index contributed by atoms with van der Waals surface area (Å²) < 4.78 is 2.94. The fraction of sp³-hybridized carbons (Fsp3) is 0.118. The van der Waals surface area contributed by atoms with Crippen molar-refractivity contribution in [3.05, 3.63) is 51.7 Å². The van der Waals surface area contributed by atoms with Crippen molar-refractivity contribution in [1.29, 1.82) is 0 Å². The van der Waals surface area contributed by atoms with Gasteiger partial charge in [0.1, 0.15) is 5.01 Å². The van der Waals surface area contributed by atoms with E-state index in [0.29, 0.717) is 11.6 Å². The molecule has 3 aromatic heterocycles. The van der Waals surface area contributed by atoms with Crippen molar-refractivity contribution < 1.29 is 9.90 Å². The number of halogens is 1. The first-order chi connectivity index (χ1) is 12.1. The third kappa shape index (κ3) is 3.18. The number of carbonyl (C=O) groups is 1. The first-order valence-electron chi connectivity index (χ1n) is 7.49. The number of rotatable bonds is 5. The number of fused-ring (bicyclic) bond motifs is 2. The lowest BCUT2D eigenvalue weighted by molar-refractivity contribution is -0.305. The summed E-state index contributed by atoms with van der Waals surface area (Å²) >= 11 is 9.28. The summed E-state index contributed by atoms with van der Waals surface area (Å²) in [5.41, 5.74) is 2.42. The average Bonchev–Trinajstić information content (AvgIpc) is 3.26. The molecule has 4 aromatic rings. The van der Waals surface area contributed by atoms with Crippen molar-refractivity contribution in [1.82, 2.24) is 14.4 Å². The number of nitrogens with zero attached hydrogens (tertiary/aromatic N) is 3. The van der Waals surface area contributed by atoms with Crippen LogP contribution in [0.1, 0.15) is 23.5 Å². The highest BCUT2D eigenvalue weighted by Crippen LogP contribution is 2.32. The molecule has 0 aliphatic heterocycles. The Morgan fingerprint density at radius 1 is 1.28 bits per heavy atom. The summed E-state index contributed by atoms with van der Waals surface area (Å²) in [4.78, 5) is 20.7. The molecule has 0 bridgehead atoms. The molecule has 0 aliphatic carbocycles. The molecule has 0 spiro atoms. The highest BCUT2D eigenvalue weighted by molar-refractivity contribution is 7.19. The summed E-state index contributed by atoms with van der Waals surface area (Å²) in [7, 11) is 0. The van der Waals surface area contributed by atoms with Gasteiger partial charge in [-0.15, -0.1) is 22.7 Å². The van der Waals surface area contributed by atoms with E-state index in [1.807, 2.05) is 46.3 Å². The van der Waals surface area contributed by atoms with Gasteiger partial charge in [0.2, 0.25) is 0 Å². The zero-order valence-corrected chi connectivity index (χ0v) is 15.2. The van der Waals surface area contributed by atoms with Crippen LogP contribution in [0.5, 0.6) is 0 Å². The Morgan fingerprint density at radius 3 is 2.92 bits per heavy atom. The molecule has 0 radical (unpaired) electrons. The van der Waals surface area contributed by atoms with E-state index in [9.17, 15) is 9.90 Å². The van der Waals surface area contributed by atoms with Gasteiger partial charge in [0.05, 0.1) is 15.9 Å². The molecule has 0 unspecified atom stereocenters. The SMILES string of the molecule is O=C([O-])CC/C(=C\c1c(Cl)nc2sccn12)c1nc2ccccc2s1. The molecular weight excluding hydrogens is 378 g/mol. The molecule has 3 heterocycles. The van der Waals surface area contributed by atoms with Crippen LogP contribution in [0.15, 0.2) is 35.8 Å². The molecular formula is C17H11ClN3O2S2-. The molecule has 0 fully saturated rings. The van der Waals surface area contributed by atoms with E-state index in [-0.39, 0.29) is 6.42 Å². The zero-order valence-electron chi connectivity index (χ0n) is 12.8. The second-order valence-corrected chi connectivity index (χ2v) is 7.63. The molecule has 25 heavy (non-hydrogen) atoms. The number of allylic oxidation sites excluding steroid dienone is 1. The van der Waals surface area contributed by atoms with Crippen molar-refractivity contribution in [2.24, 2.45) is 0 Å². The van der Waals surface area contributed by atoms with Gasteiger partial charge >= 0.3 is 0 Å². The van der Waals surface area contributed by atoms with Gasteiger partial charge in [-0.25, -0.2) is 9.97 Å². The molecule has 4 rings (SSSR count). The quantitative estimate of drug-likeness (QED) is 0.522. The van der Waals surface area contributed by atoms with Crippen molar-refractivity contribution in [3.8, 4) is 0 Å². The minimum absolute atomic E-state index is 0.0784. The molecule has 8 heteroatoms. The molecule has 1 aromatic carbocycles. The predicted molar refractivity (Wildman–Crippen MR) is 99.8 cm³/mol. The number of aromatic nitrogens is 3. The van der Waals surface area contributed by atoms with Gasteiger partial charge in [0, 0.05) is 17.5 Å². The van der Waals surface area contributed by atoms with E-state index in [2.05, 4.69) is 9.97 Å². The topological polar surface area (TPSA) is 70.3 Å². The fourth-order valence-corrected chi connectivity index (χ4v) is 4.56. The van der Waals surface area contributed by atoms with Gasteiger partial charge < -0.3 is 9.90 Å². The molecule has 0 N–H and O–H groups in total. The predicted octanol–water partition coefficient (Wildman–Crippen LogP) is 3.73. The number of thiazole rings is 2. The molecule has 0 atom stereocenters. The lowest BCUT2D eigenvalue weighted by atomic mass is 10.1. The van der Waals surface area contributed by atoms with Crippen LogP contribution in [0.25, 0.3) is 26.8 Å². The van der Waals surface area contributed by atoms with Crippen LogP contribution < -0.4 is 5.11 Å². The van der Waals surface area contributed by atoms with Crippen LogP contribution in [0.2, 0.25) is 5.15 Å². The molecule has 0 saturated heterocycles. The Morgan fingerprint density at radius 2 is 2.12 bits per heavy atom. The Kier molecular flexibility index (Phi) is 4.29. The molecule has 0 amide bonds. The third-order valence-corrected chi connectivity index (χ3v) is 5.88. The lowest BCUT2D eigenvalue weighted by Gasteiger charge is -2.05. The first-order valence-corrected chi connectivity index (χ1v) is 9.56. The third-order valence-electron chi connectivity index (χ3n) is 3.73. The largest absolute Gasteiger partial charge is 0.550 e. The maximum Gasteiger partial charge on any atom is 0.195 e. The summed E-state index contributed by atoms with van der Waals surface area (Å²) in [6.07, 6.45) is 4.00. The van der Waals surface area contributed by atoms with Crippen LogP contribution in [0.3, 0.4) is 0 Å². The van der Waals surface area contributed by atoms with E-state index >= 15 is 0 Å². The minimum Gasteiger partial charge on any atom is -0.550 e. The molecule has 0 saturated carbocycles. The first kappa shape index (κ1) is 16.3. The van der Waals surface area contributed by atoms with E-state index < -0.39 is 5.97 Å². The standard InChI is InChI=1S/C17H12ClN3O2S2/c18-15-12(21-7-8-24-17(21)20-15)9-10(5-6-14(22)23)16-19-11-3-1-2-4-13(11)25-16/h1-4,7-9H,5-6H2,(H,22,23)/p-1/b10-9+. The average molecular weight is 389 g/mol. The number of para-hydroxylation sites is 1. The molecule has 126 valence electrons. The number of aliphatic carboxylic acids is 1. The van der Waals surface area contributed by atoms with Gasteiger partial charge in [-0.1, -0.05) is 23.7 Å². The summed E-state index contributed by atoms with van der Waals surface area (Å²) in [5.74, 6) is -1.09. The Labute approximate surface area is 155 Å². The zero-order chi connectivity index (χ0) is 17.4. The van der Waals surface area contributed by atoms with Crippen LogP contribution in [0.4, 0.5) is 0 Å². The van der Waals surface area contributed by atoms with Gasteiger partial charge in [0.15, 0.2) is 10.1 Å². The molecule has 0 aliphatic rings. The van der Waals surface area contributed by atoms with E-state index in [0.717, 1.165) is 31.5 Å². The summed E-state index contributed by atoms with van der Waals surface area (Å²) in [6.45, 7) is 0. The highest BCUT2D eigenvalue weighted by Gasteiger charge is 2.14. The number of carboxylic acids is 1. The second-order valence-electron chi connectivity index (χ2n) is 5.37. The van der Waals surface area contributed by atoms with E-state index in [1.54, 1.807) is 0 Å². The number of benzene rings is 1. The number of carbonyl (C=O) groups excluding carboxylic acids is 1. The maximum atomic E-state index is 11.0. The Balaban J connectivity index is 1.83. The van der Waals surface area contributed by atoms with Crippen LogP contribution in [-0.4, -0.2) is 20.3 Å². The highest BCUT2D eigenvalue weighted by atomic mass is 35.5. The van der Waals surface area contributed by atoms with Crippen molar-refractivity contribution in [2.75, 3.05) is 0 Å². The lowest BCUT2D eigenvalue weighted by Crippen LogP contribution is -2.21. The summed E-state index contributed by atoms with van der Waals surface area (Å²) in [6, 6.07) is 7.82. The van der Waals surface area contributed by atoms with E-state index in [1.165, 1.54) is 22.7 Å². The smallest absolute Gasteiger partial charge is 0.195 e. The van der Waals surface area contributed by atoms with Crippen molar-refractivity contribution >= 4 is 67.1 Å².